The van der Waals surface area contributed by atoms with Gasteiger partial charge < -0.3 is 19.9 Å². The third-order valence-corrected chi connectivity index (χ3v) is 6.67. The summed E-state index contributed by atoms with van der Waals surface area (Å²) in [6, 6.07) is 8.53. The molecule has 0 bridgehead atoms. The van der Waals surface area contributed by atoms with Crippen LogP contribution in [0.4, 0.5) is 0 Å². The lowest BCUT2D eigenvalue weighted by Gasteiger charge is -2.36. The van der Waals surface area contributed by atoms with Crippen molar-refractivity contribution >= 4 is 28.2 Å². The predicted octanol–water partition coefficient (Wildman–Crippen LogP) is 4.02. The third-order valence-electron chi connectivity index (χ3n) is 6.29. The van der Waals surface area contributed by atoms with E-state index in [-0.39, 0.29) is 11.7 Å². The van der Waals surface area contributed by atoms with Crippen molar-refractivity contribution in [2.24, 2.45) is 0 Å². The number of pyridine rings is 1. The van der Waals surface area contributed by atoms with Gasteiger partial charge in [0, 0.05) is 24.8 Å². The van der Waals surface area contributed by atoms with Crippen LogP contribution in [0.15, 0.2) is 29.1 Å². The number of thiocarbonyl (C=S) groups is 1. The Hall–Kier alpha value is -1.92. The van der Waals surface area contributed by atoms with E-state index in [2.05, 4.69) is 21.3 Å². The van der Waals surface area contributed by atoms with Gasteiger partial charge >= 0.3 is 0 Å². The maximum atomic E-state index is 12.8. The SMILES string of the molecule is Cc1cccc2cc(CN(C(=S)NC[C@@H]3CCCO3)C3CCCCC3)c(=O)[nH]c12. The van der Waals surface area contributed by atoms with Crippen LogP contribution in [0, 0.1) is 6.92 Å². The Balaban J connectivity index is 1.55. The van der Waals surface area contributed by atoms with E-state index in [0.717, 1.165) is 66.0 Å². The molecule has 6 heteroatoms. The molecule has 2 N–H and O–H groups in total. The minimum Gasteiger partial charge on any atom is -0.376 e. The molecular weight excluding hydrogens is 382 g/mol. The summed E-state index contributed by atoms with van der Waals surface area (Å²) in [5.74, 6) is 0. The quantitative estimate of drug-likeness (QED) is 0.725. The van der Waals surface area contributed by atoms with Gasteiger partial charge in [0.15, 0.2) is 5.11 Å². The van der Waals surface area contributed by atoms with Crippen LogP contribution in [-0.4, -0.2) is 40.3 Å². The topological polar surface area (TPSA) is 57.4 Å². The zero-order valence-electron chi connectivity index (χ0n) is 17.2. The van der Waals surface area contributed by atoms with Crippen LogP contribution in [0.5, 0.6) is 0 Å². The molecule has 2 fully saturated rings. The van der Waals surface area contributed by atoms with Gasteiger partial charge in [-0.05, 0) is 61.8 Å². The Morgan fingerprint density at radius 1 is 1.24 bits per heavy atom. The van der Waals surface area contributed by atoms with Gasteiger partial charge in [0.25, 0.3) is 5.56 Å². The van der Waals surface area contributed by atoms with E-state index in [1.54, 1.807) is 0 Å². The number of benzene rings is 1. The second kappa shape index (κ2) is 9.26. The summed E-state index contributed by atoms with van der Waals surface area (Å²) >= 11 is 5.80. The van der Waals surface area contributed by atoms with Gasteiger partial charge in [-0.3, -0.25) is 4.79 Å². The number of ether oxygens (including phenoxy) is 1. The molecule has 2 heterocycles. The van der Waals surface area contributed by atoms with Gasteiger partial charge in [-0.15, -0.1) is 0 Å². The number of aromatic amines is 1. The number of hydrogen-bond acceptors (Lipinski definition) is 3. The molecule has 1 aromatic carbocycles. The minimum absolute atomic E-state index is 0.0189. The summed E-state index contributed by atoms with van der Waals surface area (Å²) < 4.78 is 5.73. The summed E-state index contributed by atoms with van der Waals surface area (Å²) in [6.45, 7) is 4.16. The van der Waals surface area contributed by atoms with Crippen molar-refractivity contribution in [3.8, 4) is 0 Å². The van der Waals surface area contributed by atoms with Gasteiger partial charge in [-0.1, -0.05) is 37.5 Å². The molecule has 0 spiro atoms. The van der Waals surface area contributed by atoms with E-state index in [4.69, 9.17) is 17.0 Å². The lowest BCUT2D eigenvalue weighted by Crippen LogP contribution is -2.48. The smallest absolute Gasteiger partial charge is 0.253 e. The molecule has 156 valence electrons. The molecule has 1 aromatic heterocycles. The van der Waals surface area contributed by atoms with Crippen molar-refractivity contribution in [2.45, 2.75) is 70.6 Å². The fourth-order valence-corrected chi connectivity index (χ4v) is 4.89. The molecule has 2 aromatic rings. The average Bonchev–Trinajstić information content (AvgIpc) is 3.25. The lowest BCUT2D eigenvalue weighted by molar-refractivity contribution is 0.112. The van der Waals surface area contributed by atoms with Crippen LogP contribution in [0.25, 0.3) is 10.9 Å². The molecule has 0 amide bonds. The van der Waals surface area contributed by atoms with E-state index in [1.807, 2.05) is 25.1 Å². The van der Waals surface area contributed by atoms with E-state index in [0.29, 0.717) is 12.6 Å². The number of rotatable bonds is 5. The van der Waals surface area contributed by atoms with E-state index in [9.17, 15) is 4.79 Å². The average molecular weight is 414 g/mol. The molecule has 1 aliphatic heterocycles. The van der Waals surface area contributed by atoms with Gasteiger partial charge in [0.1, 0.15) is 0 Å². The summed E-state index contributed by atoms with van der Waals surface area (Å²) in [5, 5.41) is 5.25. The first kappa shape index (κ1) is 20.4. The van der Waals surface area contributed by atoms with Crippen molar-refractivity contribution in [1.29, 1.82) is 0 Å². The first-order valence-corrected chi connectivity index (χ1v) is 11.3. The van der Waals surface area contributed by atoms with Crippen LogP contribution in [-0.2, 0) is 11.3 Å². The number of para-hydroxylation sites is 1. The van der Waals surface area contributed by atoms with Gasteiger partial charge in [0.05, 0.1) is 18.2 Å². The zero-order chi connectivity index (χ0) is 20.2. The molecule has 4 rings (SSSR count). The molecular formula is C23H31N3O2S. The Morgan fingerprint density at radius 2 is 2.07 bits per heavy atom. The Bertz CT molecular complexity index is 914. The number of hydrogen-bond donors (Lipinski definition) is 2. The van der Waals surface area contributed by atoms with E-state index < -0.39 is 0 Å². The minimum atomic E-state index is -0.0189. The molecule has 1 aliphatic carbocycles. The summed E-state index contributed by atoms with van der Waals surface area (Å²) in [7, 11) is 0. The number of fused-ring (bicyclic) bond motifs is 1. The number of nitrogens with zero attached hydrogens (tertiary/aromatic N) is 1. The maximum Gasteiger partial charge on any atom is 0.253 e. The molecule has 29 heavy (non-hydrogen) atoms. The predicted molar refractivity (Wildman–Crippen MR) is 121 cm³/mol. The number of H-pyrrole nitrogens is 1. The molecule has 1 saturated heterocycles. The normalized spacial score (nSPS) is 20.1. The molecule has 5 nitrogen and oxygen atoms in total. The highest BCUT2D eigenvalue weighted by molar-refractivity contribution is 7.80. The first-order valence-electron chi connectivity index (χ1n) is 10.9. The second-order valence-electron chi connectivity index (χ2n) is 8.40. The summed E-state index contributed by atoms with van der Waals surface area (Å²) in [5.41, 5.74) is 2.76. The molecule has 2 aliphatic rings. The fraction of sp³-hybridized carbons (Fsp3) is 0.565. The van der Waals surface area contributed by atoms with Crippen LogP contribution < -0.4 is 10.9 Å². The molecule has 0 radical (unpaired) electrons. The Morgan fingerprint density at radius 3 is 2.83 bits per heavy atom. The standard InChI is InChI=1S/C23H31N3O2S/c1-16-7-5-8-17-13-18(22(27)25-21(16)17)15-26(19-9-3-2-4-10-19)23(29)24-14-20-11-6-12-28-20/h5,7-8,13,19-20H,2-4,6,9-12,14-15H2,1H3,(H,24,29)(H,25,27)/t20-/m0/s1. The summed E-state index contributed by atoms with van der Waals surface area (Å²) in [6.07, 6.45) is 8.45. The van der Waals surface area contributed by atoms with Gasteiger partial charge in [0.2, 0.25) is 0 Å². The summed E-state index contributed by atoms with van der Waals surface area (Å²) in [4.78, 5) is 18.2. The Labute approximate surface area is 177 Å². The molecule has 1 atom stereocenters. The van der Waals surface area contributed by atoms with Crippen LogP contribution >= 0.6 is 12.2 Å². The van der Waals surface area contributed by atoms with Crippen molar-refractivity contribution < 1.29 is 4.74 Å². The first-order chi connectivity index (χ1) is 14.1. The van der Waals surface area contributed by atoms with Crippen LogP contribution in [0.2, 0.25) is 0 Å². The number of aromatic nitrogens is 1. The monoisotopic (exact) mass is 413 g/mol. The largest absolute Gasteiger partial charge is 0.376 e. The van der Waals surface area contributed by atoms with Gasteiger partial charge in [-0.25, -0.2) is 0 Å². The van der Waals surface area contributed by atoms with Crippen LogP contribution in [0.3, 0.4) is 0 Å². The van der Waals surface area contributed by atoms with Crippen molar-refractivity contribution in [1.82, 2.24) is 15.2 Å². The van der Waals surface area contributed by atoms with Crippen LogP contribution in [0.1, 0.15) is 56.1 Å². The van der Waals surface area contributed by atoms with E-state index >= 15 is 0 Å². The molecule has 0 unspecified atom stereocenters. The number of aryl methyl sites for hydroxylation is 1. The van der Waals surface area contributed by atoms with Gasteiger partial charge in [-0.2, -0.15) is 0 Å². The van der Waals surface area contributed by atoms with E-state index in [1.165, 1.54) is 19.3 Å². The fourth-order valence-electron chi connectivity index (χ4n) is 4.60. The highest BCUT2D eigenvalue weighted by Crippen LogP contribution is 2.25. The highest BCUT2D eigenvalue weighted by Gasteiger charge is 2.25. The maximum absolute atomic E-state index is 12.8. The second-order valence-corrected chi connectivity index (χ2v) is 8.79. The van der Waals surface area contributed by atoms with Crippen molar-refractivity contribution in [3.05, 3.63) is 45.7 Å². The third kappa shape index (κ3) is 4.81. The van der Waals surface area contributed by atoms with Crippen molar-refractivity contribution in [2.75, 3.05) is 13.2 Å². The lowest BCUT2D eigenvalue weighted by atomic mass is 9.94. The number of nitrogens with one attached hydrogen (secondary N) is 2. The highest BCUT2D eigenvalue weighted by atomic mass is 32.1. The zero-order valence-corrected chi connectivity index (χ0v) is 18.0. The molecule has 1 saturated carbocycles. The Kier molecular flexibility index (Phi) is 6.50. The van der Waals surface area contributed by atoms with Crippen molar-refractivity contribution in [3.63, 3.8) is 0 Å².